The molecule has 17 heavy (non-hydrogen) atoms. The Morgan fingerprint density at radius 2 is 2.00 bits per heavy atom. The fourth-order valence-electron chi connectivity index (χ4n) is 2.25. The van der Waals surface area contributed by atoms with Gasteiger partial charge in [-0.1, -0.05) is 24.3 Å². The SMILES string of the molecule is O=C(CCCCO)N1CCc2ccccc2C1. The van der Waals surface area contributed by atoms with Crippen molar-refractivity contribution in [3.05, 3.63) is 35.4 Å². The summed E-state index contributed by atoms with van der Waals surface area (Å²) in [6.07, 6.45) is 3.02. The lowest BCUT2D eigenvalue weighted by atomic mass is 9.99. The van der Waals surface area contributed by atoms with Crippen molar-refractivity contribution < 1.29 is 9.90 Å². The number of rotatable bonds is 4. The fourth-order valence-corrected chi connectivity index (χ4v) is 2.25. The molecule has 1 aromatic carbocycles. The average molecular weight is 233 g/mol. The zero-order chi connectivity index (χ0) is 12.1. The van der Waals surface area contributed by atoms with Crippen LogP contribution in [0, 0.1) is 0 Å². The van der Waals surface area contributed by atoms with Crippen molar-refractivity contribution in [1.82, 2.24) is 4.90 Å². The topological polar surface area (TPSA) is 40.5 Å². The van der Waals surface area contributed by atoms with E-state index >= 15 is 0 Å². The molecule has 1 aromatic rings. The Bertz CT molecular complexity index is 390. The maximum absolute atomic E-state index is 11.9. The molecule has 92 valence electrons. The highest BCUT2D eigenvalue weighted by molar-refractivity contribution is 5.76. The molecule has 1 amide bonds. The number of amides is 1. The van der Waals surface area contributed by atoms with Crippen LogP contribution in [0.3, 0.4) is 0 Å². The number of hydrogen-bond donors (Lipinski definition) is 1. The third kappa shape index (κ3) is 3.07. The smallest absolute Gasteiger partial charge is 0.222 e. The first-order valence-corrected chi connectivity index (χ1v) is 6.26. The highest BCUT2D eigenvalue weighted by atomic mass is 16.3. The van der Waals surface area contributed by atoms with Gasteiger partial charge in [0, 0.05) is 26.1 Å². The third-order valence-corrected chi connectivity index (χ3v) is 3.28. The first-order chi connectivity index (χ1) is 8.31. The number of aliphatic hydroxyl groups excluding tert-OH is 1. The molecule has 3 heteroatoms. The van der Waals surface area contributed by atoms with Crippen molar-refractivity contribution >= 4 is 5.91 Å². The molecule has 0 bridgehead atoms. The second kappa shape index (κ2) is 5.82. The highest BCUT2D eigenvalue weighted by Gasteiger charge is 2.19. The van der Waals surface area contributed by atoms with Crippen LogP contribution < -0.4 is 0 Å². The van der Waals surface area contributed by atoms with Crippen molar-refractivity contribution in [2.24, 2.45) is 0 Å². The van der Waals surface area contributed by atoms with Gasteiger partial charge in [0.15, 0.2) is 0 Å². The predicted octanol–water partition coefficient (Wildman–Crippen LogP) is 1.73. The third-order valence-electron chi connectivity index (χ3n) is 3.28. The van der Waals surface area contributed by atoms with Crippen LogP contribution in [0.25, 0.3) is 0 Å². The summed E-state index contributed by atoms with van der Waals surface area (Å²) in [5, 5.41) is 8.69. The number of aliphatic hydroxyl groups is 1. The summed E-state index contributed by atoms with van der Waals surface area (Å²) in [7, 11) is 0. The van der Waals surface area contributed by atoms with Gasteiger partial charge in [0.2, 0.25) is 5.91 Å². The van der Waals surface area contributed by atoms with E-state index in [2.05, 4.69) is 18.2 Å². The minimum Gasteiger partial charge on any atom is -0.396 e. The van der Waals surface area contributed by atoms with Crippen LogP contribution in [-0.4, -0.2) is 29.1 Å². The van der Waals surface area contributed by atoms with Crippen LogP contribution in [0.1, 0.15) is 30.4 Å². The first-order valence-electron chi connectivity index (χ1n) is 6.26. The van der Waals surface area contributed by atoms with Gasteiger partial charge in [0.25, 0.3) is 0 Å². The number of fused-ring (bicyclic) bond motifs is 1. The van der Waals surface area contributed by atoms with Crippen LogP contribution in [0.5, 0.6) is 0 Å². The average Bonchev–Trinajstić information content (AvgIpc) is 2.38. The van der Waals surface area contributed by atoms with Gasteiger partial charge in [-0.2, -0.15) is 0 Å². The van der Waals surface area contributed by atoms with Gasteiger partial charge in [-0.25, -0.2) is 0 Å². The Kier molecular flexibility index (Phi) is 4.15. The maximum atomic E-state index is 11.9. The number of hydrogen-bond acceptors (Lipinski definition) is 2. The number of benzene rings is 1. The number of carbonyl (C=O) groups is 1. The second-order valence-corrected chi connectivity index (χ2v) is 4.51. The van der Waals surface area contributed by atoms with Crippen molar-refractivity contribution in [2.45, 2.75) is 32.2 Å². The highest BCUT2D eigenvalue weighted by Crippen LogP contribution is 2.19. The Morgan fingerprint density at radius 1 is 1.24 bits per heavy atom. The van der Waals surface area contributed by atoms with Gasteiger partial charge < -0.3 is 10.0 Å². The van der Waals surface area contributed by atoms with Crippen LogP contribution in [-0.2, 0) is 17.8 Å². The van der Waals surface area contributed by atoms with Gasteiger partial charge >= 0.3 is 0 Å². The van der Waals surface area contributed by atoms with E-state index in [1.807, 2.05) is 11.0 Å². The summed E-state index contributed by atoms with van der Waals surface area (Å²) < 4.78 is 0. The molecule has 3 nitrogen and oxygen atoms in total. The molecule has 0 saturated carbocycles. The molecule has 0 spiro atoms. The van der Waals surface area contributed by atoms with E-state index in [4.69, 9.17) is 5.11 Å². The van der Waals surface area contributed by atoms with Gasteiger partial charge in [-0.05, 0) is 30.4 Å². The van der Waals surface area contributed by atoms with E-state index in [9.17, 15) is 4.79 Å². The molecule has 1 N–H and O–H groups in total. The molecule has 2 rings (SSSR count). The second-order valence-electron chi connectivity index (χ2n) is 4.51. The van der Waals surface area contributed by atoms with Crippen LogP contribution >= 0.6 is 0 Å². The lowest BCUT2D eigenvalue weighted by molar-refractivity contribution is -0.132. The van der Waals surface area contributed by atoms with Crippen molar-refractivity contribution in [1.29, 1.82) is 0 Å². The summed E-state index contributed by atoms with van der Waals surface area (Å²) >= 11 is 0. The lowest BCUT2D eigenvalue weighted by Gasteiger charge is -2.29. The van der Waals surface area contributed by atoms with E-state index in [1.165, 1.54) is 11.1 Å². The monoisotopic (exact) mass is 233 g/mol. The quantitative estimate of drug-likeness (QED) is 0.805. The minimum atomic E-state index is 0.177. The van der Waals surface area contributed by atoms with E-state index in [1.54, 1.807) is 0 Å². The van der Waals surface area contributed by atoms with Crippen LogP contribution in [0.15, 0.2) is 24.3 Å². The Balaban J connectivity index is 1.91. The Hall–Kier alpha value is -1.35. The molecule has 0 unspecified atom stereocenters. The predicted molar refractivity (Wildman–Crippen MR) is 66.5 cm³/mol. The number of carbonyl (C=O) groups excluding carboxylic acids is 1. The molecular weight excluding hydrogens is 214 g/mol. The summed E-state index contributed by atoms with van der Waals surface area (Å²) in [6, 6.07) is 8.32. The normalized spacial score (nSPS) is 14.5. The number of nitrogens with zero attached hydrogens (tertiary/aromatic N) is 1. The molecule has 1 aliphatic heterocycles. The molecule has 0 aromatic heterocycles. The van der Waals surface area contributed by atoms with Gasteiger partial charge in [-0.3, -0.25) is 4.79 Å². The van der Waals surface area contributed by atoms with Crippen molar-refractivity contribution in [3.63, 3.8) is 0 Å². The standard InChI is InChI=1S/C14H19NO2/c16-10-4-3-7-14(17)15-9-8-12-5-1-2-6-13(12)11-15/h1-2,5-6,16H,3-4,7-11H2. The molecular formula is C14H19NO2. The Labute approximate surface area is 102 Å². The summed E-state index contributed by atoms with van der Waals surface area (Å²) in [6.45, 7) is 1.75. The molecule has 0 fully saturated rings. The largest absolute Gasteiger partial charge is 0.396 e. The summed E-state index contributed by atoms with van der Waals surface area (Å²) in [5.74, 6) is 0.216. The van der Waals surface area contributed by atoms with Gasteiger partial charge in [0.05, 0.1) is 0 Å². The van der Waals surface area contributed by atoms with E-state index in [0.29, 0.717) is 6.42 Å². The van der Waals surface area contributed by atoms with Crippen molar-refractivity contribution in [3.8, 4) is 0 Å². The first kappa shape index (κ1) is 12.1. The maximum Gasteiger partial charge on any atom is 0.222 e. The van der Waals surface area contributed by atoms with E-state index < -0.39 is 0 Å². The molecule has 0 saturated heterocycles. The zero-order valence-corrected chi connectivity index (χ0v) is 10.1. The summed E-state index contributed by atoms with van der Waals surface area (Å²) in [5.41, 5.74) is 2.64. The molecule has 1 heterocycles. The molecule has 1 aliphatic rings. The van der Waals surface area contributed by atoms with E-state index in [-0.39, 0.29) is 12.5 Å². The van der Waals surface area contributed by atoms with Gasteiger partial charge in [0.1, 0.15) is 0 Å². The van der Waals surface area contributed by atoms with Crippen molar-refractivity contribution in [2.75, 3.05) is 13.2 Å². The molecule has 0 radical (unpaired) electrons. The van der Waals surface area contributed by atoms with Gasteiger partial charge in [-0.15, -0.1) is 0 Å². The number of unbranched alkanes of at least 4 members (excludes halogenated alkanes) is 1. The lowest BCUT2D eigenvalue weighted by Crippen LogP contribution is -2.35. The van der Waals surface area contributed by atoms with E-state index in [0.717, 1.165) is 32.4 Å². The molecule has 0 aliphatic carbocycles. The van der Waals surface area contributed by atoms with Crippen LogP contribution in [0.4, 0.5) is 0 Å². The fraction of sp³-hybridized carbons (Fsp3) is 0.500. The Morgan fingerprint density at radius 3 is 2.76 bits per heavy atom. The minimum absolute atomic E-state index is 0.177. The molecule has 0 atom stereocenters. The summed E-state index contributed by atoms with van der Waals surface area (Å²) in [4.78, 5) is 13.9. The van der Waals surface area contributed by atoms with Crippen LogP contribution in [0.2, 0.25) is 0 Å². The zero-order valence-electron chi connectivity index (χ0n) is 10.1.